The summed E-state index contributed by atoms with van der Waals surface area (Å²) >= 11 is 0. The largest absolute Gasteiger partial charge is 0.467 e. The number of hydrogen-bond donors (Lipinski definition) is 0. The van der Waals surface area contributed by atoms with Crippen molar-refractivity contribution in [3.05, 3.63) is 4.13 Å². The van der Waals surface area contributed by atoms with Crippen LogP contribution >= 0.6 is 0 Å². The van der Waals surface area contributed by atoms with E-state index in [9.17, 15) is 60.7 Å². The molecule has 0 atom stereocenters. The van der Waals surface area contributed by atoms with E-state index in [1.54, 1.807) is 0 Å². The molecule has 48 heavy (non-hydrogen) atoms. The third-order valence-corrected chi connectivity index (χ3v) is 11.5. The number of halogens is 10. The number of nitrogens with zero attached hydrogens (tertiary/aromatic N) is 2. The second kappa shape index (κ2) is 22.8. The Morgan fingerprint density at radius 3 is 0.854 bits per heavy atom. The first-order chi connectivity index (χ1) is 21.9. The van der Waals surface area contributed by atoms with Crippen molar-refractivity contribution in [3.63, 3.8) is 0 Å². The van der Waals surface area contributed by atoms with Crippen LogP contribution in [0.3, 0.4) is 0 Å². The first kappa shape index (κ1) is 49.2. The predicted molar refractivity (Wildman–Crippen MR) is 169 cm³/mol. The summed E-state index contributed by atoms with van der Waals surface area (Å²) in [4.78, 5) is 0. The van der Waals surface area contributed by atoms with Crippen LogP contribution in [0.1, 0.15) is 143 Å². The van der Waals surface area contributed by atoms with E-state index in [-0.39, 0.29) is 0 Å². The van der Waals surface area contributed by atoms with Gasteiger partial charge in [0.15, 0.2) is 20.0 Å². The fourth-order valence-corrected chi connectivity index (χ4v) is 7.38. The molecular formula is C30H56F10N2O4S2. The van der Waals surface area contributed by atoms with Gasteiger partial charge >= 0.3 is 22.9 Å². The van der Waals surface area contributed by atoms with Crippen LogP contribution in [-0.2, 0) is 20.0 Å². The van der Waals surface area contributed by atoms with Gasteiger partial charge < -0.3 is 8.61 Å². The molecule has 0 saturated carbocycles. The van der Waals surface area contributed by atoms with E-state index < -0.39 is 42.9 Å². The van der Waals surface area contributed by atoms with E-state index in [1.165, 1.54) is 146 Å². The molecule has 0 bridgehead atoms. The van der Waals surface area contributed by atoms with Crippen LogP contribution in [0.15, 0.2) is 0 Å². The Balaban J connectivity index is 0. The summed E-state index contributed by atoms with van der Waals surface area (Å²) in [6.07, 6.45) is 11.9. The zero-order valence-electron chi connectivity index (χ0n) is 28.7. The smallest absolute Gasteiger partial charge is 0.425 e. The lowest BCUT2D eigenvalue weighted by Gasteiger charge is -2.38. The molecule has 18 heteroatoms. The number of sulfonamides is 2. The molecule has 0 spiro atoms. The average molecular weight is 763 g/mol. The number of rotatable bonds is 26. The van der Waals surface area contributed by atoms with Gasteiger partial charge in [0.2, 0.25) is 0 Å². The van der Waals surface area contributed by atoms with Crippen molar-refractivity contribution in [2.45, 2.75) is 166 Å². The molecule has 0 unspecified atom stereocenters. The molecule has 0 aliphatic heterocycles. The van der Waals surface area contributed by atoms with Gasteiger partial charge in [-0.25, -0.2) is 16.8 Å². The standard InChI is InChI=1S/C26H56N.C4F10NO4S2/c1-5-9-12-15-18-21-24-27(8-4,25-22-19-16-13-10-6-2)26-23-20-17-14-11-7-3;5-1(6,7)3(11,12)20(16,17)15-21(18,19)4(13,14)2(8,9)10/h5-26H2,1-4H3;/q+1;-1. The Morgan fingerprint density at radius 1 is 0.417 bits per heavy atom. The van der Waals surface area contributed by atoms with Crippen LogP contribution in [0.2, 0.25) is 0 Å². The Labute approximate surface area is 281 Å². The lowest BCUT2D eigenvalue weighted by molar-refractivity contribution is -0.927. The highest BCUT2D eigenvalue weighted by Gasteiger charge is 2.68. The number of hydrogen-bond acceptors (Lipinski definition) is 4. The van der Waals surface area contributed by atoms with Crippen LogP contribution < -0.4 is 0 Å². The Hall–Kier alpha value is -0.880. The maximum Gasteiger partial charge on any atom is 0.467 e. The summed E-state index contributed by atoms with van der Waals surface area (Å²) in [5.74, 6) is 0. The highest BCUT2D eigenvalue weighted by molar-refractivity contribution is 8.13. The van der Waals surface area contributed by atoms with Gasteiger partial charge in [0.1, 0.15) is 0 Å². The van der Waals surface area contributed by atoms with Gasteiger partial charge in [0, 0.05) is 0 Å². The molecule has 0 aromatic rings. The Bertz CT molecular complexity index is 958. The van der Waals surface area contributed by atoms with E-state index in [0.29, 0.717) is 4.13 Å². The molecule has 0 radical (unpaired) electrons. The van der Waals surface area contributed by atoms with Crippen LogP contribution in [0.5, 0.6) is 0 Å². The number of quaternary nitrogens is 1. The van der Waals surface area contributed by atoms with Gasteiger partial charge in [0.25, 0.3) is 0 Å². The molecule has 0 N–H and O–H groups in total. The van der Waals surface area contributed by atoms with Crippen LogP contribution in [0.25, 0.3) is 4.13 Å². The molecule has 0 aliphatic carbocycles. The van der Waals surface area contributed by atoms with Crippen molar-refractivity contribution in [2.75, 3.05) is 26.2 Å². The predicted octanol–water partition coefficient (Wildman–Crippen LogP) is 11.2. The van der Waals surface area contributed by atoms with E-state index in [2.05, 4.69) is 27.7 Å². The summed E-state index contributed by atoms with van der Waals surface area (Å²) in [6.45, 7) is 15.1. The molecular weight excluding hydrogens is 706 g/mol. The van der Waals surface area contributed by atoms with Crippen molar-refractivity contribution in [1.82, 2.24) is 0 Å². The quantitative estimate of drug-likeness (QED) is 0.0499. The molecule has 0 fully saturated rings. The van der Waals surface area contributed by atoms with Crippen molar-refractivity contribution in [2.24, 2.45) is 0 Å². The molecule has 0 aromatic carbocycles. The van der Waals surface area contributed by atoms with Crippen LogP contribution in [-0.4, -0.2) is 70.4 Å². The molecule has 0 aliphatic rings. The van der Waals surface area contributed by atoms with E-state index >= 15 is 0 Å². The first-order valence-corrected chi connectivity index (χ1v) is 19.8. The van der Waals surface area contributed by atoms with E-state index in [4.69, 9.17) is 0 Å². The van der Waals surface area contributed by atoms with Gasteiger partial charge in [-0.15, -0.1) is 0 Å². The molecule has 0 rings (SSSR count). The second-order valence-electron chi connectivity index (χ2n) is 12.2. The van der Waals surface area contributed by atoms with Gasteiger partial charge in [-0.3, -0.25) is 0 Å². The van der Waals surface area contributed by atoms with Gasteiger partial charge in [-0.2, -0.15) is 43.9 Å². The fraction of sp³-hybridized carbons (Fsp3) is 1.00. The Kier molecular flexibility index (Phi) is 23.4. The topological polar surface area (TPSA) is 82.4 Å². The molecule has 0 heterocycles. The highest BCUT2D eigenvalue weighted by atomic mass is 32.3. The number of alkyl halides is 10. The molecule has 292 valence electrons. The second-order valence-corrected chi connectivity index (χ2v) is 15.7. The summed E-state index contributed by atoms with van der Waals surface area (Å²) < 4.78 is 162. The normalized spacial score (nSPS) is 13.8. The third-order valence-electron chi connectivity index (χ3n) is 8.13. The molecule has 0 aromatic heterocycles. The molecule has 0 saturated heterocycles. The van der Waals surface area contributed by atoms with Crippen molar-refractivity contribution < 1.29 is 65.2 Å². The minimum atomic E-state index is -7.62. The van der Waals surface area contributed by atoms with Crippen LogP contribution in [0.4, 0.5) is 43.9 Å². The third kappa shape index (κ3) is 17.4. The van der Waals surface area contributed by atoms with Gasteiger partial charge in [-0.05, 0) is 45.4 Å². The minimum Gasteiger partial charge on any atom is -0.425 e. The highest BCUT2D eigenvalue weighted by Crippen LogP contribution is 2.47. The SMILES string of the molecule is CCCCCCCC[N+](CC)(CCCCCCCC)CCCCCCCC.O=S(=O)([N-]S(=O)(=O)C(F)(F)C(F)(F)F)C(F)(F)C(F)(F)F. The zero-order chi connectivity index (χ0) is 37.8. The van der Waals surface area contributed by atoms with E-state index in [0.717, 1.165) is 0 Å². The lowest BCUT2D eigenvalue weighted by atomic mass is 10.1. The lowest BCUT2D eigenvalue weighted by Crippen LogP contribution is -2.50. The number of unbranched alkanes of at least 4 members (excludes halogenated alkanes) is 15. The molecule has 0 amide bonds. The van der Waals surface area contributed by atoms with Crippen LogP contribution in [0, 0.1) is 0 Å². The van der Waals surface area contributed by atoms with Crippen molar-refractivity contribution in [3.8, 4) is 0 Å². The van der Waals surface area contributed by atoms with Gasteiger partial charge in [0.05, 0.1) is 26.2 Å². The summed E-state index contributed by atoms with van der Waals surface area (Å²) in [5.41, 5.74) is 0. The van der Waals surface area contributed by atoms with E-state index in [1.807, 2.05) is 0 Å². The van der Waals surface area contributed by atoms with Crippen molar-refractivity contribution in [1.29, 1.82) is 0 Å². The summed E-state index contributed by atoms with van der Waals surface area (Å²) in [7, 11) is -15.2. The monoisotopic (exact) mass is 762 g/mol. The molecule has 6 nitrogen and oxygen atoms in total. The summed E-state index contributed by atoms with van der Waals surface area (Å²) in [5, 5.41) is -14.0. The average Bonchev–Trinajstić information content (AvgIpc) is 2.96. The van der Waals surface area contributed by atoms with Gasteiger partial charge in [-0.1, -0.05) is 97.8 Å². The maximum absolute atomic E-state index is 12.3. The van der Waals surface area contributed by atoms with Crippen molar-refractivity contribution >= 4 is 20.0 Å². The summed E-state index contributed by atoms with van der Waals surface area (Å²) in [6, 6.07) is 0. The first-order valence-electron chi connectivity index (χ1n) is 16.9. The maximum atomic E-state index is 12.3. The zero-order valence-corrected chi connectivity index (χ0v) is 30.3. The fourth-order valence-electron chi connectivity index (χ4n) is 5.01. The Morgan fingerprint density at radius 2 is 0.646 bits per heavy atom. The minimum absolute atomic E-state index is 0.422.